The first-order chi connectivity index (χ1) is 11.3. The van der Waals surface area contributed by atoms with Gasteiger partial charge in [-0.25, -0.2) is 4.39 Å². The maximum absolute atomic E-state index is 13.5. The molecule has 1 atom stereocenters. The quantitative estimate of drug-likeness (QED) is 0.440. The van der Waals surface area contributed by atoms with Gasteiger partial charge in [0, 0.05) is 6.04 Å². The minimum atomic E-state index is -0.110. The van der Waals surface area contributed by atoms with Gasteiger partial charge in [-0.15, -0.1) is 0 Å². The van der Waals surface area contributed by atoms with Gasteiger partial charge in [0.05, 0.1) is 0 Å². The van der Waals surface area contributed by atoms with E-state index in [1.165, 1.54) is 70.6 Å². The Morgan fingerprint density at radius 1 is 1.04 bits per heavy atom. The van der Waals surface area contributed by atoms with Crippen LogP contribution >= 0.6 is 0 Å². The average Bonchev–Trinajstić information content (AvgIpc) is 2.50. The number of nitrogens with one attached hydrogen (secondary N) is 1. The van der Waals surface area contributed by atoms with Crippen molar-refractivity contribution >= 4 is 0 Å². The third kappa shape index (κ3) is 6.63. The molecule has 1 nitrogen and oxygen atoms in total. The molecule has 1 saturated carbocycles. The lowest BCUT2D eigenvalue weighted by Crippen LogP contribution is -2.32. The highest BCUT2D eigenvalue weighted by atomic mass is 19.1. The topological polar surface area (TPSA) is 12.0 Å². The van der Waals surface area contributed by atoms with Crippen LogP contribution < -0.4 is 5.32 Å². The second-order valence-corrected chi connectivity index (χ2v) is 7.15. The molecular weight excluding hydrogens is 285 g/mol. The van der Waals surface area contributed by atoms with E-state index in [1.807, 2.05) is 6.07 Å². The lowest BCUT2D eigenvalue weighted by molar-refractivity contribution is 0.229. The molecule has 1 fully saturated rings. The number of halogens is 1. The average molecular weight is 320 g/mol. The molecule has 2 heteroatoms. The number of rotatable bonds is 12. The second kappa shape index (κ2) is 10.8. The number of unbranched alkanes of at least 4 members (excludes halogenated alkanes) is 7. The first-order valence-electron chi connectivity index (χ1n) is 9.80. The summed E-state index contributed by atoms with van der Waals surface area (Å²) >= 11 is 0. The maximum atomic E-state index is 13.5. The number of hydrogen-bond donors (Lipinski definition) is 1. The Morgan fingerprint density at radius 2 is 1.74 bits per heavy atom. The first-order valence-corrected chi connectivity index (χ1v) is 9.80. The molecule has 0 spiro atoms. The minimum absolute atomic E-state index is 0.110. The van der Waals surface area contributed by atoms with E-state index in [2.05, 4.69) is 18.3 Å². The largest absolute Gasteiger partial charge is 0.310 e. The third-order valence-electron chi connectivity index (χ3n) is 5.22. The Morgan fingerprint density at radius 3 is 2.35 bits per heavy atom. The van der Waals surface area contributed by atoms with E-state index in [1.54, 1.807) is 12.1 Å². The fraction of sp³-hybridized carbons (Fsp3) is 0.714. The molecule has 0 amide bonds. The van der Waals surface area contributed by atoms with Crippen molar-refractivity contribution in [2.24, 2.45) is 5.92 Å². The standard InChI is InChI=1S/C21H34FN/c1-2-3-4-5-6-7-8-9-16-23-21(18-12-10-13-18)19-14-11-15-20(22)17-19/h11,14-15,17-18,21,23H,2-10,12-13,16H2,1H3/t21-/m0/s1. The fourth-order valence-corrected chi connectivity index (χ4v) is 3.55. The highest BCUT2D eigenvalue weighted by Crippen LogP contribution is 2.37. The van der Waals surface area contributed by atoms with Gasteiger partial charge in [-0.05, 0) is 49.4 Å². The van der Waals surface area contributed by atoms with Crippen LogP contribution in [0.5, 0.6) is 0 Å². The second-order valence-electron chi connectivity index (χ2n) is 7.15. The highest BCUT2D eigenvalue weighted by molar-refractivity contribution is 5.21. The van der Waals surface area contributed by atoms with E-state index in [0.29, 0.717) is 12.0 Å². The summed E-state index contributed by atoms with van der Waals surface area (Å²) in [6, 6.07) is 7.52. The van der Waals surface area contributed by atoms with Crippen LogP contribution in [0.1, 0.15) is 89.2 Å². The summed E-state index contributed by atoms with van der Waals surface area (Å²) in [6.45, 7) is 3.33. The molecule has 0 saturated heterocycles. The molecule has 23 heavy (non-hydrogen) atoms. The van der Waals surface area contributed by atoms with Gasteiger partial charge in [0.15, 0.2) is 0 Å². The molecule has 0 bridgehead atoms. The van der Waals surface area contributed by atoms with E-state index in [4.69, 9.17) is 0 Å². The summed E-state index contributed by atoms with van der Waals surface area (Å²) in [5.41, 5.74) is 1.13. The van der Waals surface area contributed by atoms with Crippen LogP contribution in [0.3, 0.4) is 0 Å². The SMILES string of the molecule is CCCCCCCCCCN[C@H](c1cccc(F)c1)C1CCC1. The summed E-state index contributed by atoms with van der Waals surface area (Å²) in [4.78, 5) is 0. The summed E-state index contributed by atoms with van der Waals surface area (Å²) in [5, 5.41) is 3.71. The van der Waals surface area contributed by atoms with E-state index < -0.39 is 0 Å². The zero-order valence-electron chi connectivity index (χ0n) is 14.8. The fourth-order valence-electron chi connectivity index (χ4n) is 3.55. The Labute approximate surface area is 142 Å². The van der Waals surface area contributed by atoms with Crippen LogP contribution in [0.25, 0.3) is 0 Å². The first kappa shape index (κ1) is 18.4. The van der Waals surface area contributed by atoms with Crippen molar-refractivity contribution in [2.75, 3.05) is 6.54 Å². The van der Waals surface area contributed by atoms with Gasteiger partial charge in [0.2, 0.25) is 0 Å². The molecule has 1 aliphatic rings. The van der Waals surface area contributed by atoms with E-state index in [0.717, 1.165) is 12.1 Å². The predicted molar refractivity (Wildman–Crippen MR) is 97.1 cm³/mol. The number of hydrogen-bond acceptors (Lipinski definition) is 1. The molecule has 0 aromatic heterocycles. The molecular formula is C21H34FN. The molecule has 1 N–H and O–H groups in total. The van der Waals surface area contributed by atoms with Crippen LogP contribution in [0.4, 0.5) is 4.39 Å². The normalized spacial score (nSPS) is 16.3. The highest BCUT2D eigenvalue weighted by Gasteiger charge is 2.28. The Bertz CT molecular complexity index is 428. The Balaban J connectivity index is 1.64. The molecule has 0 aliphatic heterocycles. The summed E-state index contributed by atoms with van der Waals surface area (Å²) in [5.74, 6) is 0.589. The van der Waals surface area contributed by atoms with Crippen molar-refractivity contribution in [3.05, 3.63) is 35.6 Å². The third-order valence-corrected chi connectivity index (χ3v) is 5.22. The van der Waals surface area contributed by atoms with Crippen molar-refractivity contribution in [1.82, 2.24) is 5.32 Å². The molecule has 1 aromatic carbocycles. The number of benzene rings is 1. The Kier molecular flexibility index (Phi) is 8.67. The van der Waals surface area contributed by atoms with Gasteiger partial charge in [0.25, 0.3) is 0 Å². The smallest absolute Gasteiger partial charge is 0.123 e. The molecule has 2 rings (SSSR count). The summed E-state index contributed by atoms with van der Waals surface area (Å²) < 4.78 is 13.5. The molecule has 0 unspecified atom stereocenters. The zero-order chi connectivity index (χ0) is 16.3. The summed E-state index contributed by atoms with van der Waals surface area (Å²) in [7, 11) is 0. The van der Waals surface area contributed by atoms with E-state index in [-0.39, 0.29) is 5.82 Å². The van der Waals surface area contributed by atoms with Gasteiger partial charge in [-0.2, -0.15) is 0 Å². The van der Waals surface area contributed by atoms with Gasteiger partial charge < -0.3 is 5.32 Å². The molecule has 1 aromatic rings. The van der Waals surface area contributed by atoms with Crippen LogP contribution in [0.2, 0.25) is 0 Å². The van der Waals surface area contributed by atoms with Crippen molar-refractivity contribution < 1.29 is 4.39 Å². The van der Waals surface area contributed by atoms with Crippen LogP contribution in [-0.2, 0) is 0 Å². The van der Waals surface area contributed by atoms with Gasteiger partial charge in [-0.1, -0.05) is 70.4 Å². The van der Waals surface area contributed by atoms with Crippen molar-refractivity contribution in [2.45, 2.75) is 83.6 Å². The van der Waals surface area contributed by atoms with Gasteiger partial charge in [-0.3, -0.25) is 0 Å². The molecule has 130 valence electrons. The maximum Gasteiger partial charge on any atom is 0.123 e. The zero-order valence-corrected chi connectivity index (χ0v) is 14.8. The summed E-state index contributed by atoms with van der Waals surface area (Å²) in [6.07, 6.45) is 14.7. The van der Waals surface area contributed by atoms with Crippen LogP contribution in [0, 0.1) is 11.7 Å². The van der Waals surface area contributed by atoms with Crippen molar-refractivity contribution in [3.63, 3.8) is 0 Å². The molecule has 0 radical (unpaired) electrons. The van der Waals surface area contributed by atoms with Crippen molar-refractivity contribution in [1.29, 1.82) is 0 Å². The van der Waals surface area contributed by atoms with E-state index in [9.17, 15) is 4.39 Å². The van der Waals surface area contributed by atoms with Crippen molar-refractivity contribution in [3.8, 4) is 0 Å². The lowest BCUT2D eigenvalue weighted by atomic mass is 9.77. The van der Waals surface area contributed by atoms with Gasteiger partial charge >= 0.3 is 0 Å². The molecule has 0 heterocycles. The predicted octanol–water partition coefficient (Wildman–Crippen LogP) is 6.40. The van der Waals surface area contributed by atoms with Gasteiger partial charge in [0.1, 0.15) is 5.82 Å². The lowest BCUT2D eigenvalue weighted by Gasteiger charge is -2.35. The minimum Gasteiger partial charge on any atom is -0.310 e. The van der Waals surface area contributed by atoms with Crippen LogP contribution in [-0.4, -0.2) is 6.54 Å². The van der Waals surface area contributed by atoms with Crippen LogP contribution in [0.15, 0.2) is 24.3 Å². The van der Waals surface area contributed by atoms with E-state index >= 15 is 0 Å². The molecule has 1 aliphatic carbocycles. The monoisotopic (exact) mass is 319 g/mol. The Hall–Kier alpha value is -0.890.